The maximum atomic E-state index is 13.4. The fraction of sp³-hybridized carbons (Fsp3) is 0.154. The molecule has 1 atom stereocenters. The van der Waals surface area contributed by atoms with Crippen LogP contribution in [0, 0.1) is 5.82 Å². The van der Waals surface area contributed by atoms with Gasteiger partial charge in [-0.15, -0.1) is 0 Å². The van der Waals surface area contributed by atoms with Crippen LogP contribution >= 0.6 is 0 Å². The number of benzene rings is 1. The predicted octanol–water partition coefficient (Wildman–Crippen LogP) is 2.17. The lowest BCUT2D eigenvalue weighted by atomic mass is 10.0. The first-order valence-corrected chi connectivity index (χ1v) is 5.29. The number of halogens is 1. The van der Waals surface area contributed by atoms with Crippen LogP contribution in [0.5, 0.6) is 5.75 Å². The summed E-state index contributed by atoms with van der Waals surface area (Å²) in [6.45, 7) is 0. The summed E-state index contributed by atoms with van der Waals surface area (Å²) in [5.74, 6) is -0.184. The van der Waals surface area contributed by atoms with Crippen molar-refractivity contribution in [2.24, 2.45) is 5.73 Å². The molecule has 0 saturated heterocycles. The predicted molar refractivity (Wildman–Crippen MR) is 62.9 cm³/mol. The van der Waals surface area contributed by atoms with Crippen molar-refractivity contribution in [2.45, 2.75) is 12.5 Å². The number of rotatable bonds is 3. The number of phenolic OH excluding ortho intramolecular Hbond substituents is 1. The number of hydrogen-bond acceptors (Lipinski definition) is 3. The Morgan fingerprint density at radius 3 is 2.59 bits per heavy atom. The molecule has 1 unspecified atom stereocenters. The van der Waals surface area contributed by atoms with Crippen molar-refractivity contribution in [3.63, 3.8) is 0 Å². The van der Waals surface area contributed by atoms with Gasteiger partial charge in [0, 0.05) is 17.8 Å². The summed E-state index contributed by atoms with van der Waals surface area (Å²) in [5.41, 5.74) is 7.34. The summed E-state index contributed by atoms with van der Waals surface area (Å²) in [6.07, 6.45) is 3.20. The Balaban J connectivity index is 2.14. The molecule has 88 valence electrons. The molecule has 0 radical (unpaired) electrons. The van der Waals surface area contributed by atoms with E-state index in [1.807, 2.05) is 0 Å². The van der Waals surface area contributed by atoms with Crippen molar-refractivity contribution in [1.82, 2.24) is 4.98 Å². The van der Waals surface area contributed by atoms with Crippen LogP contribution in [0.4, 0.5) is 4.39 Å². The minimum Gasteiger partial charge on any atom is -0.508 e. The van der Waals surface area contributed by atoms with Crippen LogP contribution in [-0.4, -0.2) is 10.1 Å². The number of phenols is 1. The zero-order valence-electron chi connectivity index (χ0n) is 9.18. The molecule has 1 aromatic heterocycles. The lowest BCUT2D eigenvalue weighted by Gasteiger charge is -2.12. The molecular formula is C13H13FN2O. The molecule has 0 saturated carbocycles. The van der Waals surface area contributed by atoms with Crippen molar-refractivity contribution < 1.29 is 9.50 Å². The minimum absolute atomic E-state index is 0.206. The fourth-order valence-corrected chi connectivity index (χ4v) is 1.68. The van der Waals surface area contributed by atoms with Gasteiger partial charge >= 0.3 is 0 Å². The first kappa shape index (κ1) is 11.5. The molecule has 3 nitrogen and oxygen atoms in total. The van der Waals surface area contributed by atoms with Crippen molar-refractivity contribution in [3.8, 4) is 5.75 Å². The number of nitrogens with two attached hydrogens (primary N) is 1. The number of nitrogens with zero attached hydrogens (tertiary/aromatic N) is 1. The maximum absolute atomic E-state index is 13.4. The number of aromatic hydroxyl groups is 1. The lowest BCUT2D eigenvalue weighted by molar-refractivity contribution is 0.475. The number of pyridine rings is 1. The molecule has 2 rings (SSSR count). The van der Waals surface area contributed by atoms with E-state index < -0.39 is 11.9 Å². The van der Waals surface area contributed by atoms with Gasteiger partial charge in [-0.1, -0.05) is 12.1 Å². The molecule has 3 N–H and O–H groups in total. The molecule has 0 spiro atoms. The summed E-state index contributed by atoms with van der Waals surface area (Å²) in [5, 5.41) is 9.15. The SMILES string of the molecule is NC(Cc1ccc(O)cc1)c1ccncc1F. The van der Waals surface area contributed by atoms with Crippen LogP contribution < -0.4 is 5.73 Å². The lowest BCUT2D eigenvalue weighted by Crippen LogP contribution is -2.15. The Bertz CT molecular complexity index is 499. The molecule has 0 aliphatic carbocycles. The Morgan fingerprint density at radius 1 is 1.24 bits per heavy atom. The van der Waals surface area contributed by atoms with E-state index in [9.17, 15) is 4.39 Å². The van der Waals surface area contributed by atoms with Crippen LogP contribution in [0.2, 0.25) is 0 Å². The normalized spacial score (nSPS) is 12.4. The zero-order chi connectivity index (χ0) is 12.3. The van der Waals surface area contributed by atoms with E-state index in [2.05, 4.69) is 4.98 Å². The van der Waals surface area contributed by atoms with Crippen molar-refractivity contribution in [2.75, 3.05) is 0 Å². The van der Waals surface area contributed by atoms with Gasteiger partial charge in [0.1, 0.15) is 11.6 Å². The molecule has 0 bridgehead atoms. The topological polar surface area (TPSA) is 59.1 Å². The summed E-state index contributed by atoms with van der Waals surface area (Å²) in [6, 6.07) is 7.89. The second kappa shape index (κ2) is 4.93. The molecule has 0 amide bonds. The average molecular weight is 232 g/mol. The van der Waals surface area contributed by atoms with Gasteiger partial charge in [0.25, 0.3) is 0 Å². The Labute approximate surface area is 98.7 Å². The molecule has 4 heteroatoms. The third-order valence-electron chi connectivity index (χ3n) is 2.60. The highest BCUT2D eigenvalue weighted by atomic mass is 19.1. The summed E-state index contributed by atoms with van der Waals surface area (Å²) < 4.78 is 13.4. The van der Waals surface area contributed by atoms with Gasteiger partial charge in [-0.3, -0.25) is 4.98 Å². The van der Waals surface area contributed by atoms with Gasteiger partial charge in [-0.05, 0) is 30.2 Å². The summed E-state index contributed by atoms with van der Waals surface area (Å²) in [4.78, 5) is 3.68. The highest BCUT2D eigenvalue weighted by Gasteiger charge is 2.11. The second-order valence-electron chi connectivity index (χ2n) is 3.87. The molecule has 17 heavy (non-hydrogen) atoms. The van der Waals surface area contributed by atoms with Crippen LogP contribution in [0.1, 0.15) is 17.2 Å². The van der Waals surface area contributed by atoms with Gasteiger partial charge in [-0.2, -0.15) is 0 Å². The van der Waals surface area contributed by atoms with Crippen LogP contribution in [-0.2, 0) is 6.42 Å². The standard InChI is InChI=1S/C13H13FN2O/c14-12-8-16-6-5-11(12)13(15)7-9-1-3-10(17)4-2-9/h1-6,8,13,17H,7,15H2. The quantitative estimate of drug-likeness (QED) is 0.852. The monoisotopic (exact) mass is 232 g/mol. The first-order chi connectivity index (χ1) is 8.16. The van der Waals surface area contributed by atoms with Gasteiger partial charge in [-0.25, -0.2) is 4.39 Å². The Morgan fingerprint density at radius 2 is 1.94 bits per heavy atom. The Kier molecular flexibility index (Phi) is 3.35. The van der Waals surface area contributed by atoms with Crippen molar-refractivity contribution in [3.05, 3.63) is 59.7 Å². The minimum atomic E-state index is -0.414. The van der Waals surface area contributed by atoms with Gasteiger partial charge in [0.15, 0.2) is 0 Å². The van der Waals surface area contributed by atoms with Crippen LogP contribution in [0.15, 0.2) is 42.7 Å². The maximum Gasteiger partial charge on any atom is 0.146 e. The number of hydrogen-bond donors (Lipinski definition) is 2. The molecule has 1 aromatic carbocycles. The number of aromatic nitrogens is 1. The largest absolute Gasteiger partial charge is 0.508 e. The highest BCUT2D eigenvalue weighted by Crippen LogP contribution is 2.19. The van der Waals surface area contributed by atoms with E-state index in [4.69, 9.17) is 10.8 Å². The van der Waals surface area contributed by atoms with Gasteiger partial charge in [0.2, 0.25) is 0 Å². The molecule has 0 aliphatic heterocycles. The van der Waals surface area contributed by atoms with E-state index in [0.29, 0.717) is 12.0 Å². The third-order valence-corrected chi connectivity index (χ3v) is 2.60. The summed E-state index contributed by atoms with van der Waals surface area (Å²) >= 11 is 0. The van der Waals surface area contributed by atoms with E-state index in [1.54, 1.807) is 30.3 Å². The van der Waals surface area contributed by atoms with Crippen LogP contribution in [0.25, 0.3) is 0 Å². The smallest absolute Gasteiger partial charge is 0.146 e. The Hall–Kier alpha value is -1.94. The van der Waals surface area contributed by atoms with Crippen molar-refractivity contribution in [1.29, 1.82) is 0 Å². The summed E-state index contributed by atoms with van der Waals surface area (Å²) in [7, 11) is 0. The van der Waals surface area contributed by atoms with E-state index >= 15 is 0 Å². The van der Waals surface area contributed by atoms with Crippen LogP contribution in [0.3, 0.4) is 0 Å². The van der Waals surface area contributed by atoms with E-state index in [-0.39, 0.29) is 5.75 Å². The fourth-order valence-electron chi connectivity index (χ4n) is 1.68. The zero-order valence-corrected chi connectivity index (χ0v) is 9.18. The second-order valence-corrected chi connectivity index (χ2v) is 3.87. The molecule has 2 aromatic rings. The van der Waals surface area contributed by atoms with Crippen molar-refractivity contribution >= 4 is 0 Å². The van der Waals surface area contributed by atoms with Gasteiger partial charge < -0.3 is 10.8 Å². The van der Waals surface area contributed by atoms with E-state index in [0.717, 1.165) is 11.8 Å². The van der Waals surface area contributed by atoms with E-state index in [1.165, 1.54) is 6.20 Å². The highest BCUT2D eigenvalue weighted by molar-refractivity contribution is 5.28. The molecule has 0 aliphatic rings. The first-order valence-electron chi connectivity index (χ1n) is 5.29. The third kappa shape index (κ3) is 2.79. The average Bonchev–Trinajstić information content (AvgIpc) is 2.32. The molecular weight excluding hydrogens is 219 g/mol. The molecule has 0 fully saturated rings. The van der Waals surface area contributed by atoms with Gasteiger partial charge in [0.05, 0.1) is 6.20 Å². The molecule has 1 heterocycles.